The molecule has 1 fully saturated rings. The number of pyridine rings is 1. The molecule has 140 valence electrons. The maximum absolute atomic E-state index is 13.2. The second kappa shape index (κ2) is 6.48. The summed E-state index contributed by atoms with van der Waals surface area (Å²) in [7, 11) is 0. The van der Waals surface area contributed by atoms with Gasteiger partial charge in [0.15, 0.2) is 11.5 Å². The molecule has 0 atom stereocenters. The van der Waals surface area contributed by atoms with E-state index >= 15 is 0 Å². The van der Waals surface area contributed by atoms with Gasteiger partial charge in [0.1, 0.15) is 5.78 Å². The predicted octanol–water partition coefficient (Wildman–Crippen LogP) is 4.63. The number of fused-ring (bicyclic) bond motifs is 1. The highest BCUT2D eigenvalue weighted by Crippen LogP contribution is 2.51. The Kier molecular flexibility index (Phi) is 3.93. The molecule has 2 heterocycles. The normalized spacial score (nSPS) is 16.0. The zero-order chi connectivity index (χ0) is 19.1. The molecule has 0 amide bonds. The van der Waals surface area contributed by atoms with Crippen LogP contribution in [0.1, 0.15) is 29.7 Å². The number of ether oxygens (including phenoxy) is 2. The maximum atomic E-state index is 13.2. The Balaban J connectivity index is 1.40. The largest absolute Gasteiger partial charge is 0.454 e. The summed E-state index contributed by atoms with van der Waals surface area (Å²) in [6, 6.07) is 20.0. The van der Waals surface area contributed by atoms with Crippen molar-refractivity contribution in [3.8, 4) is 22.8 Å². The molecule has 0 radical (unpaired) electrons. The Morgan fingerprint density at radius 2 is 1.82 bits per heavy atom. The molecule has 0 bridgehead atoms. The standard InChI is InChI=1S/C24H21NO3/c1-16-5-2-3-7-19(16)20-8-4-6-18(25-20)14-23(26)24(11-12-24)17-9-10-21-22(13-17)28-15-27-21/h2-10,13H,11-12,14-15H2,1H3. The van der Waals surface area contributed by atoms with Crippen molar-refractivity contribution in [1.82, 2.24) is 4.98 Å². The molecule has 1 aliphatic heterocycles. The number of benzene rings is 2. The highest BCUT2D eigenvalue weighted by atomic mass is 16.7. The van der Waals surface area contributed by atoms with E-state index in [1.165, 1.54) is 5.56 Å². The number of hydrogen-bond acceptors (Lipinski definition) is 4. The number of hydrogen-bond donors (Lipinski definition) is 0. The lowest BCUT2D eigenvalue weighted by Gasteiger charge is -2.15. The summed E-state index contributed by atoms with van der Waals surface area (Å²) >= 11 is 0. The molecule has 4 nitrogen and oxygen atoms in total. The smallest absolute Gasteiger partial charge is 0.231 e. The van der Waals surface area contributed by atoms with Crippen molar-refractivity contribution in [2.75, 3.05) is 6.79 Å². The van der Waals surface area contributed by atoms with Crippen molar-refractivity contribution >= 4 is 5.78 Å². The van der Waals surface area contributed by atoms with E-state index in [2.05, 4.69) is 19.1 Å². The van der Waals surface area contributed by atoms with Gasteiger partial charge >= 0.3 is 0 Å². The monoisotopic (exact) mass is 371 g/mol. The molecule has 1 aromatic heterocycles. The highest BCUT2D eigenvalue weighted by Gasteiger charge is 2.50. The van der Waals surface area contributed by atoms with E-state index in [1.807, 2.05) is 48.5 Å². The molecule has 3 aromatic rings. The number of aryl methyl sites for hydroxylation is 1. The van der Waals surface area contributed by atoms with E-state index in [9.17, 15) is 4.79 Å². The second-order valence-corrected chi connectivity index (χ2v) is 7.58. The summed E-state index contributed by atoms with van der Waals surface area (Å²) in [5.74, 6) is 1.71. The maximum Gasteiger partial charge on any atom is 0.231 e. The van der Waals surface area contributed by atoms with E-state index < -0.39 is 5.41 Å². The van der Waals surface area contributed by atoms with Crippen LogP contribution < -0.4 is 9.47 Å². The van der Waals surface area contributed by atoms with Crippen LogP contribution in [-0.4, -0.2) is 17.6 Å². The van der Waals surface area contributed by atoms with Crippen LogP contribution in [0.25, 0.3) is 11.3 Å². The van der Waals surface area contributed by atoms with Crippen LogP contribution in [0.3, 0.4) is 0 Å². The zero-order valence-electron chi connectivity index (χ0n) is 15.8. The first kappa shape index (κ1) is 17.0. The van der Waals surface area contributed by atoms with Crippen LogP contribution in [0.4, 0.5) is 0 Å². The van der Waals surface area contributed by atoms with Crippen molar-refractivity contribution in [2.24, 2.45) is 0 Å². The lowest BCUT2D eigenvalue weighted by atomic mass is 9.88. The summed E-state index contributed by atoms with van der Waals surface area (Å²) in [5, 5.41) is 0. The summed E-state index contributed by atoms with van der Waals surface area (Å²) in [5.41, 5.74) is 4.64. The lowest BCUT2D eigenvalue weighted by Crippen LogP contribution is -2.23. The van der Waals surface area contributed by atoms with Crippen LogP contribution in [0, 0.1) is 6.92 Å². The third-order valence-corrected chi connectivity index (χ3v) is 5.78. The van der Waals surface area contributed by atoms with Gasteiger partial charge in [-0.2, -0.15) is 0 Å². The number of carbonyl (C=O) groups is 1. The lowest BCUT2D eigenvalue weighted by molar-refractivity contribution is -0.120. The minimum Gasteiger partial charge on any atom is -0.454 e. The van der Waals surface area contributed by atoms with E-state index in [4.69, 9.17) is 14.5 Å². The van der Waals surface area contributed by atoms with E-state index in [0.717, 1.165) is 46.9 Å². The SMILES string of the molecule is Cc1ccccc1-c1cccc(CC(=O)C2(c3ccc4c(c3)OCO4)CC2)n1. The first-order valence-corrected chi connectivity index (χ1v) is 9.61. The molecule has 2 aliphatic rings. The molecule has 0 spiro atoms. The zero-order valence-corrected chi connectivity index (χ0v) is 15.8. The van der Waals surface area contributed by atoms with Crippen molar-refractivity contribution in [3.63, 3.8) is 0 Å². The quantitative estimate of drug-likeness (QED) is 0.656. The number of ketones is 1. The van der Waals surface area contributed by atoms with Crippen LogP contribution in [0.15, 0.2) is 60.7 Å². The van der Waals surface area contributed by atoms with Gasteiger partial charge in [0, 0.05) is 17.7 Å². The molecular formula is C24H21NO3. The molecular weight excluding hydrogens is 350 g/mol. The van der Waals surface area contributed by atoms with Crippen molar-refractivity contribution in [2.45, 2.75) is 31.6 Å². The molecule has 0 unspecified atom stereocenters. The van der Waals surface area contributed by atoms with Crippen LogP contribution in [0.2, 0.25) is 0 Å². The van der Waals surface area contributed by atoms with Gasteiger partial charge < -0.3 is 9.47 Å². The number of nitrogens with zero attached hydrogens (tertiary/aromatic N) is 1. The van der Waals surface area contributed by atoms with Crippen LogP contribution >= 0.6 is 0 Å². The Hall–Kier alpha value is -3.14. The third-order valence-electron chi connectivity index (χ3n) is 5.78. The van der Waals surface area contributed by atoms with Crippen molar-refractivity contribution in [1.29, 1.82) is 0 Å². The Labute approximate surface area is 164 Å². The average Bonchev–Trinajstić information content (AvgIpc) is 3.40. The topological polar surface area (TPSA) is 48.4 Å². The van der Waals surface area contributed by atoms with Gasteiger partial charge in [-0.1, -0.05) is 36.4 Å². The molecule has 4 heteroatoms. The molecule has 0 N–H and O–H groups in total. The molecule has 1 aliphatic carbocycles. The first-order chi connectivity index (χ1) is 13.7. The minimum absolute atomic E-state index is 0.223. The molecule has 2 aromatic carbocycles. The number of Topliss-reactive ketones (excluding diaryl/α,β-unsaturated/α-hetero) is 1. The molecule has 1 saturated carbocycles. The summed E-state index contributed by atoms with van der Waals surface area (Å²) in [4.78, 5) is 18.0. The van der Waals surface area contributed by atoms with Gasteiger partial charge in [0.05, 0.1) is 11.1 Å². The van der Waals surface area contributed by atoms with Gasteiger partial charge in [-0.05, 0) is 55.2 Å². The molecule has 5 rings (SSSR count). The number of carbonyl (C=O) groups excluding carboxylic acids is 1. The van der Waals surface area contributed by atoms with Gasteiger partial charge in [0.25, 0.3) is 0 Å². The Morgan fingerprint density at radius 1 is 1.00 bits per heavy atom. The third kappa shape index (κ3) is 2.85. The summed E-state index contributed by atoms with van der Waals surface area (Å²) < 4.78 is 10.9. The van der Waals surface area contributed by atoms with E-state index in [-0.39, 0.29) is 12.6 Å². The van der Waals surface area contributed by atoms with Crippen molar-refractivity contribution < 1.29 is 14.3 Å². The van der Waals surface area contributed by atoms with Crippen molar-refractivity contribution in [3.05, 3.63) is 77.5 Å². The Bertz CT molecular complexity index is 1070. The number of aromatic nitrogens is 1. The van der Waals surface area contributed by atoms with Crippen LogP contribution in [-0.2, 0) is 16.6 Å². The van der Waals surface area contributed by atoms with Gasteiger partial charge in [-0.15, -0.1) is 0 Å². The van der Waals surface area contributed by atoms with Gasteiger partial charge in [-0.3, -0.25) is 9.78 Å². The van der Waals surface area contributed by atoms with Gasteiger partial charge in [-0.25, -0.2) is 0 Å². The fraction of sp³-hybridized carbons (Fsp3) is 0.250. The minimum atomic E-state index is -0.401. The Morgan fingerprint density at radius 3 is 2.64 bits per heavy atom. The van der Waals surface area contributed by atoms with E-state index in [1.54, 1.807) is 0 Å². The number of rotatable bonds is 5. The fourth-order valence-electron chi connectivity index (χ4n) is 3.97. The molecule has 0 saturated heterocycles. The fourth-order valence-corrected chi connectivity index (χ4v) is 3.97. The predicted molar refractivity (Wildman–Crippen MR) is 107 cm³/mol. The first-order valence-electron chi connectivity index (χ1n) is 9.61. The average molecular weight is 371 g/mol. The van der Waals surface area contributed by atoms with Crippen LogP contribution in [0.5, 0.6) is 11.5 Å². The summed E-state index contributed by atoms with van der Waals surface area (Å²) in [6.07, 6.45) is 2.10. The second-order valence-electron chi connectivity index (χ2n) is 7.58. The van der Waals surface area contributed by atoms with Gasteiger partial charge in [0.2, 0.25) is 6.79 Å². The highest BCUT2D eigenvalue weighted by molar-refractivity contribution is 5.94. The van der Waals surface area contributed by atoms with E-state index in [0.29, 0.717) is 6.42 Å². The summed E-state index contributed by atoms with van der Waals surface area (Å²) in [6.45, 7) is 2.32. The molecule has 28 heavy (non-hydrogen) atoms.